The number of carboxylic acids is 1. The van der Waals surface area contributed by atoms with Gasteiger partial charge in [0, 0.05) is 18.5 Å². The summed E-state index contributed by atoms with van der Waals surface area (Å²) in [5, 5.41) is 10.5. The van der Waals surface area contributed by atoms with Crippen LogP contribution >= 0.6 is 0 Å². The molecule has 0 aliphatic heterocycles. The molecule has 0 radical (unpaired) electrons. The van der Waals surface area contributed by atoms with E-state index in [4.69, 9.17) is 4.42 Å². The third-order valence-corrected chi connectivity index (χ3v) is 2.44. The molecule has 0 saturated carbocycles. The predicted molar refractivity (Wildman–Crippen MR) is 65.3 cm³/mol. The zero-order chi connectivity index (χ0) is 13.0. The number of benzene rings is 1. The molecule has 2 rings (SSSR count). The van der Waals surface area contributed by atoms with Crippen LogP contribution in [0.25, 0.3) is 12.2 Å². The molecule has 0 spiro atoms. The van der Waals surface area contributed by atoms with Gasteiger partial charge in [-0.05, 0) is 18.6 Å². The number of carboxylic acid groups (broad SMARTS) is 1. The van der Waals surface area contributed by atoms with E-state index in [1.165, 1.54) is 0 Å². The summed E-state index contributed by atoms with van der Waals surface area (Å²) < 4.78 is 5.35. The summed E-state index contributed by atoms with van der Waals surface area (Å²) in [5.41, 5.74) is 1.43. The van der Waals surface area contributed by atoms with Gasteiger partial charge in [0.2, 0.25) is 5.89 Å². The molecule has 0 atom stereocenters. The zero-order valence-electron chi connectivity index (χ0n) is 9.92. The SMILES string of the molecule is Cc1oc(/C=C/c2ccccc2)nc1CC(=O)[O-]. The lowest BCUT2D eigenvalue weighted by molar-refractivity contribution is -0.304. The third kappa shape index (κ3) is 3.07. The van der Waals surface area contributed by atoms with Crippen LogP contribution in [-0.2, 0) is 11.2 Å². The number of aliphatic carboxylic acids is 1. The quantitative estimate of drug-likeness (QED) is 0.813. The van der Waals surface area contributed by atoms with Crippen LogP contribution in [0.1, 0.15) is 22.9 Å². The predicted octanol–water partition coefficient (Wildman–Crippen LogP) is 1.45. The van der Waals surface area contributed by atoms with Gasteiger partial charge in [-0.2, -0.15) is 0 Å². The first-order valence-electron chi connectivity index (χ1n) is 5.54. The van der Waals surface area contributed by atoms with Gasteiger partial charge in [0.1, 0.15) is 5.76 Å². The fraction of sp³-hybridized carbons (Fsp3) is 0.143. The van der Waals surface area contributed by atoms with Crippen molar-refractivity contribution in [2.24, 2.45) is 0 Å². The number of hydrogen-bond donors (Lipinski definition) is 0. The van der Waals surface area contributed by atoms with Crippen LogP contribution in [0, 0.1) is 6.92 Å². The molecule has 18 heavy (non-hydrogen) atoms. The Bertz CT molecular complexity index is 570. The third-order valence-electron chi connectivity index (χ3n) is 2.44. The van der Waals surface area contributed by atoms with Crippen molar-refractivity contribution in [3.63, 3.8) is 0 Å². The van der Waals surface area contributed by atoms with Crippen LogP contribution in [0.3, 0.4) is 0 Å². The molecule has 0 saturated heterocycles. The Balaban J connectivity index is 2.15. The zero-order valence-corrected chi connectivity index (χ0v) is 9.92. The number of aryl methyl sites for hydroxylation is 1. The molecule has 1 aromatic carbocycles. The molecule has 1 aromatic heterocycles. The van der Waals surface area contributed by atoms with E-state index in [0.717, 1.165) is 5.56 Å². The Kier molecular flexibility index (Phi) is 3.57. The summed E-state index contributed by atoms with van der Waals surface area (Å²) in [5.74, 6) is -0.260. The molecular weight excluding hydrogens is 230 g/mol. The van der Waals surface area contributed by atoms with Crippen LogP contribution in [0.5, 0.6) is 0 Å². The summed E-state index contributed by atoms with van der Waals surface area (Å²) in [6, 6.07) is 9.71. The number of rotatable bonds is 4. The van der Waals surface area contributed by atoms with E-state index in [1.54, 1.807) is 13.0 Å². The van der Waals surface area contributed by atoms with Crippen molar-refractivity contribution in [2.75, 3.05) is 0 Å². The highest BCUT2D eigenvalue weighted by Gasteiger charge is 2.07. The molecule has 4 nitrogen and oxygen atoms in total. The smallest absolute Gasteiger partial charge is 0.219 e. The Morgan fingerprint density at radius 2 is 2.06 bits per heavy atom. The van der Waals surface area contributed by atoms with Crippen molar-refractivity contribution in [3.05, 3.63) is 53.2 Å². The number of nitrogens with zero attached hydrogens (tertiary/aromatic N) is 1. The van der Waals surface area contributed by atoms with Crippen LogP contribution < -0.4 is 5.11 Å². The van der Waals surface area contributed by atoms with Gasteiger partial charge in [-0.25, -0.2) is 4.98 Å². The van der Waals surface area contributed by atoms with Gasteiger partial charge in [0.25, 0.3) is 0 Å². The van der Waals surface area contributed by atoms with Gasteiger partial charge in [0.15, 0.2) is 0 Å². The first-order valence-corrected chi connectivity index (χ1v) is 5.54. The summed E-state index contributed by atoms with van der Waals surface area (Å²) in [6.45, 7) is 1.69. The number of carbonyl (C=O) groups is 1. The van der Waals surface area contributed by atoms with Crippen molar-refractivity contribution in [1.29, 1.82) is 0 Å². The average molecular weight is 242 g/mol. The average Bonchev–Trinajstić information content (AvgIpc) is 2.68. The second-order valence-corrected chi connectivity index (χ2v) is 3.85. The number of oxazole rings is 1. The van der Waals surface area contributed by atoms with Crippen molar-refractivity contribution in [2.45, 2.75) is 13.3 Å². The second-order valence-electron chi connectivity index (χ2n) is 3.85. The van der Waals surface area contributed by atoms with Gasteiger partial charge in [0.05, 0.1) is 5.69 Å². The van der Waals surface area contributed by atoms with E-state index < -0.39 is 5.97 Å². The van der Waals surface area contributed by atoms with E-state index >= 15 is 0 Å². The number of aromatic nitrogens is 1. The Labute approximate surface area is 105 Å². The van der Waals surface area contributed by atoms with Crippen LogP contribution in [0.15, 0.2) is 34.7 Å². The largest absolute Gasteiger partial charge is 0.550 e. The van der Waals surface area contributed by atoms with E-state index in [1.807, 2.05) is 36.4 Å². The van der Waals surface area contributed by atoms with E-state index in [0.29, 0.717) is 17.3 Å². The molecular formula is C14H12NO3-. The first-order chi connectivity index (χ1) is 8.65. The molecule has 0 N–H and O–H groups in total. The fourth-order valence-corrected chi connectivity index (χ4v) is 1.55. The van der Waals surface area contributed by atoms with Gasteiger partial charge in [-0.1, -0.05) is 30.3 Å². The molecule has 0 amide bonds. The van der Waals surface area contributed by atoms with Gasteiger partial charge in [-0.15, -0.1) is 0 Å². The Morgan fingerprint density at radius 3 is 2.72 bits per heavy atom. The molecule has 92 valence electrons. The standard InChI is InChI=1S/C14H13NO3/c1-10-12(9-14(16)17)15-13(18-10)8-7-11-5-3-2-4-6-11/h2-8H,9H2,1H3,(H,16,17)/p-1/b8-7+. The molecule has 0 fully saturated rings. The molecule has 0 unspecified atom stereocenters. The van der Waals surface area contributed by atoms with Gasteiger partial charge >= 0.3 is 0 Å². The molecule has 4 heteroatoms. The minimum absolute atomic E-state index is 0.228. The highest BCUT2D eigenvalue weighted by Crippen LogP contribution is 2.13. The minimum atomic E-state index is -1.16. The maximum atomic E-state index is 10.5. The molecule has 0 aliphatic rings. The lowest BCUT2D eigenvalue weighted by Crippen LogP contribution is -2.24. The summed E-state index contributed by atoms with van der Waals surface area (Å²) in [6.07, 6.45) is 3.34. The molecule has 2 aromatic rings. The maximum absolute atomic E-state index is 10.5. The van der Waals surface area contributed by atoms with E-state index in [-0.39, 0.29) is 6.42 Å². The fourth-order valence-electron chi connectivity index (χ4n) is 1.55. The van der Waals surface area contributed by atoms with Crippen LogP contribution in [-0.4, -0.2) is 11.0 Å². The van der Waals surface area contributed by atoms with Crippen molar-refractivity contribution in [3.8, 4) is 0 Å². The number of hydrogen-bond acceptors (Lipinski definition) is 4. The second kappa shape index (κ2) is 5.31. The summed E-state index contributed by atoms with van der Waals surface area (Å²) in [7, 11) is 0. The van der Waals surface area contributed by atoms with Gasteiger partial charge < -0.3 is 14.3 Å². The topological polar surface area (TPSA) is 66.2 Å². The summed E-state index contributed by atoms with van der Waals surface area (Å²) >= 11 is 0. The molecule has 0 aliphatic carbocycles. The highest BCUT2D eigenvalue weighted by atomic mass is 16.4. The first kappa shape index (κ1) is 12.1. The molecule has 1 heterocycles. The number of carbonyl (C=O) groups excluding carboxylic acids is 1. The maximum Gasteiger partial charge on any atom is 0.219 e. The Hall–Kier alpha value is -2.36. The molecule has 0 bridgehead atoms. The van der Waals surface area contributed by atoms with E-state index in [2.05, 4.69) is 4.98 Å². The summed E-state index contributed by atoms with van der Waals surface area (Å²) in [4.78, 5) is 14.6. The van der Waals surface area contributed by atoms with Crippen LogP contribution in [0.4, 0.5) is 0 Å². The van der Waals surface area contributed by atoms with Gasteiger partial charge in [-0.3, -0.25) is 0 Å². The Morgan fingerprint density at radius 1 is 1.33 bits per heavy atom. The lowest BCUT2D eigenvalue weighted by Gasteiger charge is -1.96. The highest BCUT2D eigenvalue weighted by molar-refractivity contribution is 5.69. The van der Waals surface area contributed by atoms with E-state index in [9.17, 15) is 9.90 Å². The van der Waals surface area contributed by atoms with Crippen molar-refractivity contribution in [1.82, 2.24) is 4.98 Å². The minimum Gasteiger partial charge on any atom is -0.550 e. The van der Waals surface area contributed by atoms with Crippen LogP contribution in [0.2, 0.25) is 0 Å². The lowest BCUT2D eigenvalue weighted by atomic mass is 10.2. The monoisotopic (exact) mass is 242 g/mol. The normalized spacial score (nSPS) is 10.9. The van der Waals surface area contributed by atoms with Crippen molar-refractivity contribution >= 4 is 18.1 Å². The van der Waals surface area contributed by atoms with Crippen molar-refractivity contribution < 1.29 is 14.3 Å².